The third kappa shape index (κ3) is 34.2. The van der Waals surface area contributed by atoms with E-state index in [1.54, 1.807) is 34.6 Å². The first-order valence-electron chi connectivity index (χ1n) is 37.8. The number of hydrogen-bond acceptors (Lipinski definition) is 23. The van der Waals surface area contributed by atoms with Crippen LogP contribution in [0.15, 0.2) is 12.5 Å². The predicted molar refractivity (Wildman–Crippen MR) is 404 cm³/mol. The van der Waals surface area contributed by atoms with E-state index in [1.165, 1.54) is 52.0 Å². The number of hydrogen-bond donors (Lipinski definition) is 22. The molecule has 114 heavy (non-hydrogen) atoms. The average molecular weight is 1620 g/mol. The number of carbonyl (C=O) groups is 19. The van der Waals surface area contributed by atoms with E-state index in [1.807, 2.05) is 6.92 Å². The Morgan fingerprint density at radius 1 is 0.491 bits per heavy atom. The van der Waals surface area contributed by atoms with Crippen LogP contribution >= 0.6 is 0 Å². The lowest BCUT2D eigenvalue weighted by Crippen LogP contribution is -2.62. The van der Waals surface area contributed by atoms with Crippen molar-refractivity contribution in [2.45, 2.75) is 264 Å². The highest BCUT2D eigenvalue weighted by Crippen LogP contribution is 2.21. The van der Waals surface area contributed by atoms with Crippen molar-refractivity contribution < 1.29 is 112 Å². The van der Waals surface area contributed by atoms with E-state index < -0.39 is 260 Å². The Morgan fingerprint density at radius 2 is 0.904 bits per heavy atom. The SMILES string of the molecule is CC[C@H](C)[C@H](N)C(=O)N[C@@H](C)C(=O)N1CCC[C@H]1C(=O)N[C@@H](CC(C)C)C(=O)N[C@@H](CCCCN)C(=O)N[C@@H](CCC(=O)O)C(=O)N[C@@H](CC(N)=O)C(=O)N[C@H](C(=O)N[C@@H](CO)C(=O)N[C@@H](Cc1c[nH]cn1)C(=O)N[C@H](C(=O)N[C@@H](CC(N)=O)C(=O)N[C@@H](CC(=O)O)C(=O)N[C@@H](CC(C)C)C(=O)N[C@@H](C)C(=O)O)C(C)C)C(C)C. The molecular weight excluding hydrogens is 1500 g/mol. The highest BCUT2D eigenvalue weighted by molar-refractivity contribution is 6.02. The van der Waals surface area contributed by atoms with Gasteiger partial charge in [0.25, 0.3) is 0 Å². The number of carboxylic acid groups (broad SMARTS) is 3. The lowest BCUT2D eigenvalue weighted by atomic mass is 9.99. The molecule has 1 fully saturated rings. The molecule has 2 rings (SSSR count). The molecule has 1 aromatic rings. The summed E-state index contributed by atoms with van der Waals surface area (Å²) in [6.45, 7) is 17.9. The van der Waals surface area contributed by atoms with Crippen molar-refractivity contribution in [1.29, 1.82) is 0 Å². The first-order valence-corrected chi connectivity index (χ1v) is 37.8. The molecule has 640 valence electrons. The summed E-state index contributed by atoms with van der Waals surface area (Å²) in [6.07, 6.45) is -0.925. The molecule has 26 N–H and O–H groups in total. The number of amides is 16. The standard InChI is InChI=1S/C71H118N20O23/c1-13-36(10)54(75)67(109)78-37(11)70(112)91-22-16-18-49(91)66(108)86-43(24-33(4)5)60(102)80-40(17-14-15-21-72)57(99)81-41(19-20-52(95)96)58(100)84-46(27-51(74)94)64(106)90-56(35(8)9)69(111)88-48(30-92)65(107)83-44(25-39-29-76-31-77-39)63(105)89-55(34(6)7)68(110)87-45(26-50(73)93)61(103)85-47(28-53(97)98)62(104)82-42(23-32(2)3)59(101)79-38(12)71(113)114/h29,31-38,40-49,54-56,92H,13-28,30,72,75H2,1-12H3,(H2,73,93)(H2,74,94)(H,76,77)(H,78,109)(H,79,101)(H,80,102)(H,81,99)(H,82,104)(H,83,107)(H,84,100)(H,85,103)(H,86,108)(H,87,110)(H,88,111)(H,89,105)(H,90,106)(H,95,96)(H,97,98)(H,113,114)/t36-,37-,38-,40-,41-,42-,43-,44-,45-,46-,47-,48-,49-,54-,55-,56-/m0/s1. The number of aliphatic hydroxyl groups is 1. The average Bonchev–Trinajstić information content (AvgIpc) is 1.60. The van der Waals surface area contributed by atoms with E-state index in [4.69, 9.17) is 22.9 Å². The van der Waals surface area contributed by atoms with Crippen molar-refractivity contribution in [3.63, 3.8) is 0 Å². The zero-order chi connectivity index (χ0) is 86.7. The van der Waals surface area contributed by atoms with Gasteiger partial charge in [0.05, 0.1) is 43.9 Å². The minimum absolute atomic E-state index is 0.0157. The van der Waals surface area contributed by atoms with Gasteiger partial charge in [-0.05, 0) is 101 Å². The van der Waals surface area contributed by atoms with E-state index in [-0.39, 0.29) is 68.6 Å². The van der Waals surface area contributed by atoms with Crippen LogP contribution in [0, 0.1) is 29.6 Å². The lowest BCUT2D eigenvalue weighted by molar-refractivity contribution is -0.143. The molecular formula is C71H118N20O23. The molecule has 0 saturated carbocycles. The molecule has 43 nitrogen and oxygen atoms in total. The number of carbonyl (C=O) groups excluding carboxylic acids is 16. The maximum atomic E-state index is 14.4. The minimum Gasteiger partial charge on any atom is -0.481 e. The van der Waals surface area contributed by atoms with Crippen molar-refractivity contribution >= 4 is 112 Å². The van der Waals surface area contributed by atoms with Crippen LogP contribution in [0.5, 0.6) is 0 Å². The summed E-state index contributed by atoms with van der Waals surface area (Å²) < 4.78 is 0. The second-order valence-corrected chi connectivity index (χ2v) is 29.8. The first-order chi connectivity index (χ1) is 53.3. The largest absolute Gasteiger partial charge is 0.481 e. The summed E-state index contributed by atoms with van der Waals surface area (Å²) in [5.41, 5.74) is 23.0. The number of H-pyrrole nitrogens is 1. The van der Waals surface area contributed by atoms with Crippen LogP contribution in [0.2, 0.25) is 0 Å². The Hall–Kier alpha value is -11.0. The Kier molecular flexibility index (Phi) is 42.4. The number of aromatic amines is 1. The third-order valence-electron chi connectivity index (χ3n) is 18.4. The first kappa shape index (κ1) is 99.1. The summed E-state index contributed by atoms with van der Waals surface area (Å²) in [5, 5.41) is 70.3. The van der Waals surface area contributed by atoms with Gasteiger partial charge < -0.3 is 122 Å². The van der Waals surface area contributed by atoms with Crippen LogP contribution in [-0.4, -0.2) is 258 Å². The number of nitrogens with two attached hydrogens (primary N) is 4. The number of aliphatic hydroxyl groups excluding tert-OH is 1. The molecule has 43 heteroatoms. The molecule has 1 saturated heterocycles. The summed E-state index contributed by atoms with van der Waals surface area (Å²) >= 11 is 0. The van der Waals surface area contributed by atoms with Gasteiger partial charge in [-0.2, -0.15) is 0 Å². The van der Waals surface area contributed by atoms with Crippen LogP contribution in [0.25, 0.3) is 0 Å². The van der Waals surface area contributed by atoms with Crippen molar-refractivity contribution in [2.75, 3.05) is 19.7 Å². The van der Waals surface area contributed by atoms with Crippen molar-refractivity contribution in [3.05, 3.63) is 18.2 Å². The fourth-order valence-corrected chi connectivity index (χ4v) is 11.7. The molecule has 16 amide bonds. The molecule has 0 unspecified atom stereocenters. The molecule has 16 atom stereocenters. The third-order valence-corrected chi connectivity index (χ3v) is 18.4. The van der Waals surface area contributed by atoms with Crippen molar-refractivity contribution in [3.8, 4) is 0 Å². The molecule has 0 aliphatic carbocycles. The molecule has 2 heterocycles. The maximum Gasteiger partial charge on any atom is 0.325 e. The van der Waals surface area contributed by atoms with Crippen LogP contribution < -0.4 is 92.1 Å². The van der Waals surface area contributed by atoms with Crippen LogP contribution in [-0.2, 0) is 97.5 Å². The molecule has 0 spiro atoms. The van der Waals surface area contributed by atoms with Gasteiger partial charge in [-0.3, -0.25) is 91.1 Å². The number of carboxylic acids is 3. The van der Waals surface area contributed by atoms with Gasteiger partial charge in [0.1, 0.15) is 84.6 Å². The van der Waals surface area contributed by atoms with Gasteiger partial charge >= 0.3 is 17.9 Å². The molecule has 0 radical (unpaired) electrons. The maximum absolute atomic E-state index is 14.4. The van der Waals surface area contributed by atoms with Gasteiger partial charge in [0.15, 0.2) is 0 Å². The Morgan fingerprint density at radius 3 is 1.35 bits per heavy atom. The number of nitrogens with zero attached hydrogens (tertiary/aromatic N) is 2. The van der Waals surface area contributed by atoms with Gasteiger partial charge in [-0.15, -0.1) is 0 Å². The number of imidazole rings is 1. The highest BCUT2D eigenvalue weighted by atomic mass is 16.4. The second kappa shape index (κ2) is 48.8. The number of aliphatic carboxylic acids is 3. The zero-order valence-corrected chi connectivity index (χ0v) is 66.5. The number of rotatable bonds is 52. The van der Waals surface area contributed by atoms with Crippen molar-refractivity contribution in [1.82, 2.24) is 84.0 Å². The van der Waals surface area contributed by atoms with E-state index in [0.717, 1.165) is 6.92 Å². The quantitative estimate of drug-likeness (QED) is 0.0270. The molecule has 1 aliphatic heterocycles. The smallest absolute Gasteiger partial charge is 0.325 e. The van der Waals surface area contributed by atoms with Crippen LogP contribution in [0.3, 0.4) is 0 Å². The zero-order valence-electron chi connectivity index (χ0n) is 66.5. The Balaban J connectivity index is 2.45. The number of aromatic nitrogens is 2. The van der Waals surface area contributed by atoms with E-state index in [2.05, 4.69) is 79.1 Å². The van der Waals surface area contributed by atoms with Crippen LogP contribution in [0.1, 0.15) is 172 Å². The Labute approximate surface area is 659 Å². The van der Waals surface area contributed by atoms with Gasteiger partial charge in [-0.25, -0.2) is 4.98 Å². The van der Waals surface area contributed by atoms with Gasteiger partial charge in [0.2, 0.25) is 94.5 Å². The number of unbranched alkanes of at least 4 members (excludes halogenated alkanes) is 1. The van der Waals surface area contributed by atoms with Crippen LogP contribution in [0.4, 0.5) is 0 Å². The summed E-state index contributed by atoms with van der Waals surface area (Å²) in [6, 6.07) is -23.6. The van der Waals surface area contributed by atoms with Gasteiger partial charge in [0, 0.05) is 25.6 Å². The fraction of sp³-hybridized carbons (Fsp3) is 0.690. The summed E-state index contributed by atoms with van der Waals surface area (Å²) in [5.74, 6) is -24.1. The van der Waals surface area contributed by atoms with E-state index in [9.17, 15) is 112 Å². The summed E-state index contributed by atoms with van der Waals surface area (Å²) in [7, 11) is 0. The number of primary amides is 2. The van der Waals surface area contributed by atoms with E-state index in [0.29, 0.717) is 19.3 Å². The van der Waals surface area contributed by atoms with Gasteiger partial charge in [-0.1, -0.05) is 75.7 Å². The minimum atomic E-state index is -2.00. The van der Waals surface area contributed by atoms with Crippen molar-refractivity contribution in [2.24, 2.45) is 52.5 Å². The van der Waals surface area contributed by atoms with E-state index >= 15 is 0 Å². The normalized spacial score (nSPS) is 16.6. The molecule has 0 aromatic carbocycles. The molecule has 1 aliphatic rings. The monoisotopic (exact) mass is 1620 g/mol. The number of likely N-dealkylation sites (tertiary alicyclic amines) is 1. The Bertz CT molecular complexity index is 3520. The second-order valence-electron chi connectivity index (χ2n) is 29.8. The summed E-state index contributed by atoms with van der Waals surface area (Å²) in [4.78, 5) is 264. The highest BCUT2D eigenvalue weighted by Gasteiger charge is 2.42. The fourth-order valence-electron chi connectivity index (χ4n) is 11.7. The molecule has 1 aromatic heterocycles. The number of nitrogens with one attached hydrogen (secondary N) is 14. The topological polar surface area (TPSA) is 698 Å². The lowest BCUT2D eigenvalue weighted by Gasteiger charge is -2.30. The predicted octanol–water partition coefficient (Wildman–Crippen LogP) is -6.64. The molecule has 0 bridgehead atoms.